The van der Waals surface area contributed by atoms with Gasteiger partial charge in [0.05, 0.1) is 33.1 Å². The fraction of sp³-hybridized carbons (Fsp3) is 0.400. The van der Waals surface area contributed by atoms with Gasteiger partial charge in [0, 0.05) is 36.5 Å². The van der Waals surface area contributed by atoms with E-state index in [1.165, 1.54) is 0 Å². The molecule has 0 saturated heterocycles. The summed E-state index contributed by atoms with van der Waals surface area (Å²) >= 11 is 0. The van der Waals surface area contributed by atoms with Crippen LogP contribution in [0, 0.1) is 0 Å². The number of nitrogens with one attached hydrogen (secondary N) is 2. The normalized spacial score (nSPS) is 12.0. The first-order valence-electron chi connectivity index (χ1n) is 6.70. The summed E-state index contributed by atoms with van der Waals surface area (Å²) in [5.41, 5.74) is 2.05. The smallest absolute Gasteiger partial charge is 0.130 e. The third-order valence-electron chi connectivity index (χ3n) is 3.42. The minimum Gasteiger partial charge on any atom is -0.496 e. The van der Waals surface area contributed by atoms with E-state index in [1.807, 2.05) is 18.3 Å². The Balaban J connectivity index is 2.18. The number of rotatable bonds is 7. The van der Waals surface area contributed by atoms with Gasteiger partial charge in [-0.2, -0.15) is 5.10 Å². The third-order valence-corrected chi connectivity index (χ3v) is 3.42. The van der Waals surface area contributed by atoms with E-state index in [2.05, 4.69) is 22.4 Å². The van der Waals surface area contributed by atoms with Crippen molar-refractivity contribution < 1.29 is 14.2 Å². The molecule has 2 aromatic rings. The number of hydrogen-bond donors (Lipinski definition) is 2. The van der Waals surface area contributed by atoms with Gasteiger partial charge >= 0.3 is 0 Å². The predicted octanol–water partition coefficient (Wildman–Crippen LogP) is 2.29. The van der Waals surface area contributed by atoms with Crippen LogP contribution < -0.4 is 19.5 Å². The van der Waals surface area contributed by atoms with E-state index < -0.39 is 0 Å². The van der Waals surface area contributed by atoms with Crippen molar-refractivity contribution in [2.45, 2.75) is 19.5 Å². The van der Waals surface area contributed by atoms with Crippen LogP contribution in [0.2, 0.25) is 0 Å². The van der Waals surface area contributed by atoms with Crippen LogP contribution in [0.1, 0.15) is 24.1 Å². The summed E-state index contributed by atoms with van der Waals surface area (Å²) in [6.45, 7) is 2.69. The van der Waals surface area contributed by atoms with Crippen molar-refractivity contribution in [2.24, 2.45) is 0 Å². The molecule has 0 saturated carbocycles. The molecule has 0 aliphatic heterocycles. The molecule has 1 heterocycles. The highest BCUT2D eigenvalue weighted by Crippen LogP contribution is 2.34. The SMILES string of the molecule is COc1cc(OC)c(CNC(C)c2cn[nH]c2)c(OC)c1. The van der Waals surface area contributed by atoms with Crippen LogP contribution in [-0.4, -0.2) is 31.5 Å². The van der Waals surface area contributed by atoms with Crippen LogP contribution in [0.4, 0.5) is 0 Å². The van der Waals surface area contributed by atoms with E-state index in [0.717, 1.165) is 22.6 Å². The van der Waals surface area contributed by atoms with Crippen molar-refractivity contribution in [1.29, 1.82) is 0 Å². The Morgan fingerprint density at radius 1 is 1.14 bits per heavy atom. The average Bonchev–Trinajstić information content (AvgIpc) is 3.06. The van der Waals surface area contributed by atoms with Gasteiger partial charge in [0.1, 0.15) is 17.2 Å². The zero-order valence-corrected chi connectivity index (χ0v) is 12.8. The molecule has 1 aromatic carbocycles. The predicted molar refractivity (Wildman–Crippen MR) is 79.9 cm³/mol. The van der Waals surface area contributed by atoms with Gasteiger partial charge < -0.3 is 19.5 Å². The first kappa shape index (κ1) is 15.2. The van der Waals surface area contributed by atoms with Crippen molar-refractivity contribution >= 4 is 0 Å². The second kappa shape index (κ2) is 6.99. The van der Waals surface area contributed by atoms with Crippen molar-refractivity contribution in [3.05, 3.63) is 35.7 Å². The van der Waals surface area contributed by atoms with Gasteiger partial charge in [-0.25, -0.2) is 0 Å². The molecule has 21 heavy (non-hydrogen) atoms. The fourth-order valence-electron chi connectivity index (χ4n) is 2.12. The standard InChI is InChI=1S/C15H21N3O3/c1-10(11-7-17-18-8-11)16-9-13-14(20-3)5-12(19-2)6-15(13)21-4/h5-8,10,16H,9H2,1-4H3,(H,17,18). The van der Waals surface area contributed by atoms with Gasteiger partial charge in [-0.1, -0.05) is 0 Å². The molecule has 1 unspecified atom stereocenters. The minimum atomic E-state index is 0.167. The largest absolute Gasteiger partial charge is 0.496 e. The van der Waals surface area contributed by atoms with Crippen molar-refractivity contribution in [2.75, 3.05) is 21.3 Å². The maximum atomic E-state index is 5.43. The molecule has 0 bridgehead atoms. The van der Waals surface area contributed by atoms with Gasteiger partial charge in [-0.05, 0) is 6.92 Å². The Bertz CT molecular complexity index is 545. The van der Waals surface area contributed by atoms with Crippen LogP contribution in [0.25, 0.3) is 0 Å². The Morgan fingerprint density at radius 3 is 2.29 bits per heavy atom. The monoisotopic (exact) mass is 291 g/mol. The lowest BCUT2D eigenvalue weighted by Gasteiger charge is -2.17. The Morgan fingerprint density at radius 2 is 1.81 bits per heavy atom. The molecule has 2 rings (SSSR count). The van der Waals surface area contributed by atoms with E-state index in [1.54, 1.807) is 27.5 Å². The van der Waals surface area contributed by atoms with Crippen LogP contribution >= 0.6 is 0 Å². The van der Waals surface area contributed by atoms with Crippen LogP contribution in [-0.2, 0) is 6.54 Å². The van der Waals surface area contributed by atoms with E-state index in [0.29, 0.717) is 12.3 Å². The molecule has 0 amide bonds. The fourth-order valence-corrected chi connectivity index (χ4v) is 2.12. The first-order chi connectivity index (χ1) is 10.2. The molecule has 114 valence electrons. The lowest BCUT2D eigenvalue weighted by atomic mass is 10.1. The number of benzene rings is 1. The van der Waals surface area contributed by atoms with Gasteiger partial charge in [0.2, 0.25) is 0 Å². The second-order valence-corrected chi connectivity index (χ2v) is 4.64. The van der Waals surface area contributed by atoms with Gasteiger partial charge in [0.25, 0.3) is 0 Å². The molecule has 1 aromatic heterocycles. The molecular weight excluding hydrogens is 270 g/mol. The molecule has 6 nitrogen and oxygen atoms in total. The summed E-state index contributed by atoms with van der Waals surface area (Å²) in [6.07, 6.45) is 3.68. The highest BCUT2D eigenvalue weighted by molar-refractivity contribution is 5.50. The van der Waals surface area contributed by atoms with Crippen LogP contribution in [0.3, 0.4) is 0 Å². The Kier molecular flexibility index (Phi) is 5.05. The maximum absolute atomic E-state index is 5.43. The zero-order chi connectivity index (χ0) is 15.2. The molecule has 0 aliphatic rings. The number of hydrogen-bond acceptors (Lipinski definition) is 5. The third kappa shape index (κ3) is 3.46. The van der Waals surface area contributed by atoms with Gasteiger partial charge in [-0.15, -0.1) is 0 Å². The van der Waals surface area contributed by atoms with E-state index >= 15 is 0 Å². The summed E-state index contributed by atoms with van der Waals surface area (Å²) < 4.78 is 16.1. The summed E-state index contributed by atoms with van der Waals surface area (Å²) in [7, 11) is 4.89. The molecule has 0 aliphatic carbocycles. The number of ether oxygens (including phenoxy) is 3. The number of aromatic amines is 1. The summed E-state index contributed by atoms with van der Waals surface area (Å²) in [5, 5.41) is 10.2. The highest BCUT2D eigenvalue weighted by atomic mass is 16.5. The first-order valence-corrected chi connectivity index (χ1v) is 6.70. The maximum Gasteiger partial charge on any atom is 0.130 e. The molecule has 1 atom stereocenters. The van der Waals surface area contributed by atoms with Crippen molar-refractivity contribution in [3.8, 4) is 17.2 Å². The number of nitrogens with zero attached hydrogens (tertiary/aromatic N) is 1. The minimum absolute atomic E-state index is 0.167. The summed E-state index contributed by atoms with van der Waals surface area (Å²) in [5.74, 6) is 2.17. The molecule has 6 heteroatoms. The second-order valence-electron chi connectivity index (χ2n) is 4.64. The van der Waals surface area contributed by atoms with E-state index in [-0.39, 0.29) is 6.04 Å². The highest BCUT2D eigenvalue weighted by Gasteiger charge is 2.14. The van der Waals surface area contributed by atoms with E-state index in [4.69, 9.17) is 14.2 Å². The molecule has 2 N–H and O–H groups in total. The zero-order valence-electron chi connectivity index (χ0n) is 12.8. The topological polar surface area (TPSA) is 68.4 Å². The number of H-pyrrole nitrogens is 1. The lowest BCUT2D eigenvalue weighted by molar-refractivity contribution is 0.365. The number of methoxy groups -OCH3 is 3. The van der Waals surface area contributed by atoms with Crippen molar-refractivity contribution in [3.63, 3.8) is 0 Å². The van der Waals surface area contributed by atoms with Gasteiger partial charge in [-0.3, -0.25) is 5.10 Å². The Labute approximate surface area is 124 Å². The van der Waals surface area contributed by atoms with Crippen molar-refractivity contribution in [1.82, 2.24) is 15.5 Å². The molecule has 0 spiro atoms. The van der Waals surface area contributed by atoms with Crippen LogP contribution in [0.5, 0.6) is 17.2 Å². The molecule has 0 radical (unpaired) electrons. The number of aromatic nitrogens is 2. The molecular formula is C15H21N3O3. The average molecular weight is 291 g/mol. The molecule has 0 fully saturated rings. The summed E-state index contributed by atoms with van der Waals surface area (Å²) in [6, 6.07) is 3.87. The Hall–Kier alpha value is -2.21. The van der Waals surface area contributed by atoms with Gasteiger partial charge in [0.15, 0.2) is 0 Å². The van der Waals surface area contributed by atoms with E-state index in [9.17, 15) is 0 Å². The summed E-state index contributed by atoms with van der Waals surface area (Å²) in [4.78, 5) is 0. The lowest BCUT2D eigenvalue weighted by Crippen LogP contribution is -2.18. The quantitative estimate of drug-likeness (QED) is 0.819. The van der Waals surface area contributed by atoms with Crippen LogP contribution in [0.15, 0.2) is 24.5 Å².